The van der Waals surface area contributed by atoms with E-state index < -0.39 is 23.4 Å². The van der Waals surface area contributed by atoms with Crippen molar-refractivity contribution in [3.05, 3.63) is 131 Å². The minimum absolute atomic E-state index is 0.0185. The molecule has 0 radical (unpaired) electrons. The van der Waals surface area contributed by atoms with E-state index in [-0.39, 0.29) is 24.4 Å². The molecule has 5 rings (SSSR count). The Balaban J connectivity index is 1.43. The summed E-state index contributed by atoms with van der Waals surface area (Å²) in [5, 5.41) is 17.1. The number of nitrogens with zero attached hydrogens (tertiary/aromatic N) is 5. The van der Waals surface area contributed by atoms with Gasteiger partial charge in [0.1, 0.15) is 29.5 Å². The molecular formula is C29H20F3N5O2. The third kappa shape index (κ3) is 5.88. The first-order valence-corrected chi connectivity index (χ1v) is 11.8. The van der Waals surface area contributed by atoms with Crippen molar-refractivity contribution in [2.75, 3.05) is 0 Å². The van der Waals surface area contributed by atoms with E-state index in [2.05, 4.69) is 16.3 Å². The maximum absolute atomic E-state index is 14.6. The highest BCUT2D eigenvalue weighted by Gasteiger charge is 2.24. The van der Waals surface area contributed by atoms with Crippen molar-refractivity contribution in [1.29, 1.82) is 5.26 Å². The van der Waals surface area contributed by atoms with Crippen molar-refractivity contribution in [2.24, 2.45) is 0 Å². The van der Waals surface area contributed by atoms with Crippen molar-refractivity contribution in [3.63, 3.8) is 0 Å². The van der Waals surface area contributed by atoms with E-state index in [0.29, 0.717) is 29.3 Å². The lowest BCUT2D eigenvalue weighted by atomic mass is 10.1. The maximum Gasteiger partial charge on any atom is 0.290 e. The summed E-state index contributed by atoms with van der Waals surface area (Å²) in [5.41, 5.74) is 2.09. The Morgan fingerprint density at radius 1 is 0.923 bits per heavy atom. The number of amides is 1. The normalized spacial score (nSPS) is 10.8. The number of nitriles is 1. The minimum atomic E-state index is -0.793. The first kappa shape index (κ1) is 25.5. The quantitative estimate of drug-likeness (QED) is 0.258. The first-order chi connectivity index (χ1) is 18.9. The summed E-state index contributed by atoms with van der Waals surface area (Å²) >= 11 is 0. The standard InChI is InChI=1S/C29H20F3N5O2/c30-23-8-5-21(6-9-23)26-11-12-27(39-26)29(38)36(16-22-7-10-24(31)13-25(22)32)17-28-35-34-18-37(28)15-20-3-1-19(14-33)2-4-20/h1-13,18H,15-17H2. The van der Waals surface area contributed by atoms with Crippen LogP contribution in [-0.2, 0) is 19.6 Å². The van der Waals surface area contributed by atoms with E-state index in [1.54, 1.807) is 34.9 Å². The fourth-order valence-electron chi connectivity index (χ4n) is 4.02. The van der Waals surface area contributed by atoms with E-state index in [9.17, 15) is 18.0 Å². The molecule has 7 nitrogen and oxygen atoms in total. The molecule has 39 heavy (non-hydrogen) atoms. The van der Waals surface area contributed by atoms with Gasteiger partial charge in [-0.05, 0) is 60.2 Å². The second kappa shape index (κ2) is 11.1. The maximum atomic E-state index is 14.6. The van der Waals surface area contributed by atoms with Crippen molar-refractivity contribution >= 4 is 5.91 Å². The molecule has 0 atom stereocenters. The Labute approximate surface area is 221 Å². The fraction of sp³-hybridized carbons (Fsp3) is 0.103. The van der Waals surface area contributed by atoms with E-state index >= 15 is 0 Å². The van der Waals surface area contributed by atoms with E-state index in [1.165, 1.54) is 47.6 Å². The highest BCUT2D eigenvalue weighted by atomic mass is 19.1. The molecule has 0 aliphatic rings. The molecule has 5 aromatic rings. The summed E-state index contributed by atoms with van der Waals surface area (Å²) in [6.07, 6.45) is 1.51. The molecule has 0 unspecified atom stereocenters. The molecule has 3 aromatic carbocycles. The molecule has 0 aliphatic carbocycles. The minimum Gasteiger partial charge on any atom is -0.451 e. The molecule has 0 fully saturated rings. The molecule has 2 heterocycles. The van der Waals surface area contributed by atoms with Crippen LogP contribution in [0.3, 0.4) is 0 Å². The summed E-state index contributed by atoms with van der Waals surface area (Å²) in [4.78, 5) is 14.9. The smallest absolute Gasteiger partial charge is 0.290 e. The molecule has 0 saturated heterocycles. The van der Waals surface area contributed by atoms with Gasteiger partial charge in [0.25, 0.3) is 5.91 Å². The van der Waals surface area contributed by atoms with Crippen LogP contribution in [0.4, 0.5) is 13.2 Å². The SMILES string of the molecule is N#Cc1ccc(Cn2cnnc2CN(Cc2ccc(F)cc2F)C(=O)c2ccc(-c3ccc(F)cc3)o2)cc1. The lowest BCUT2D eigenvalue weighted by Crippen LogP contribution is -2.31. The van der Waals surface area contributed by atoms with Gasteiger partial charge in [0.15, 0.2) is 11.6 Å². The zero-order valence-electron chi connectivity index (χ0n) is 20.4. The van der Waals surface area contributed by atoms with Gasteiger partial charge in [-0.3, -0.25) is 4.79 Å². The van der Waals surface area contributed by atoms with Crippen LogP contribution >= 0.6 is 0 Å². The number of benzene rings is 3. The largest absolute Gasteiger partial charge is 0.451 e. The van der Waals surface area contributed by atoms with Crippen LogP contribution in [-0.4, -0.2) is 25.6 Å². The van der Waals surface area contributed by atoms with Crippen molar-refractivity contribution in [2.45, 2.75) is 19.6 Å². The van der Waals surface area contributed by atoms with Crippen LogP contribution in [0.25, 0.3) is 11.3 Å². The van der Waals surface area contributed by atoms with E-state index in [1.807, 2.05) is 0 Å². The fourth-order valence-corrected chi connectivity index (χ4v) is 4.02. The molecular weight excluding hydrogens is 507 g/mol. The average molecular weight is 528 g/mol. The van der Waals surface area contributed by atoms with Gasteiger partial charge >= 0.3 is 0 Å². The Kier molecular flexibility index (Phi) is 7.23. The predicted octanol–water partition coefficient (Wildman–Crippen LogP) is 5.72. The van der Waals surface area contributed by atoms with Gasteiger partial charge in [-0.2, -0.15) is 5.26 Å². The van der Waals surface area contributed by atoms with Crippen LogP contribution in [0.2, 0.25) is 0 Å². The number of carbonyl (C=O) groups excluding carboxylic acids is 1. The number of aromatic nitrogens is 3. The van der Waals surface area contributed by atoms with E-state index in [4.69, 9.17) is 9.68 Å². The lowest BCUT2D eigenvalue weighted by molar-refractivity contribution is 0.0690. The molecule has 0 spiro atoms. The number of rotatable bonds is 8. The van der Waals surface area contributed by atoms with Gasteiger partial charge in [-0.1, -0.05) is 18.2 Å². The van der Waals surface area contributed by atoms with Crippen LogP contribution in [0.15, 0.2) is 89.6 Å². The van der Waals surface area contributed by atoms with Gasteiger partial charge in [-0.15, -0.1) is 10.2 Å². The highest BCUT2D eigenvalue weighted by molar-refractivity contribution is 5.92. The van der Waals surface area contributed by atoms with Gasteiger partial charge in [0, 0.05) is 23.7 Å². The number of carbonyl (C=O) groups is 1. The number of hydrogen-bond donors (Lipinski definition) is 0. The highest BCUT2D eigenvalue weighted by Crippen LogP contribution is 2.25. The Morgan fingerprint density at radius 2 is 1.67 bits per heavy atom. The van der Waals surface area contributed by atoms with Crippen molar-refractivity contribution in [1.82, 2.24) is 19.7 Å². The molecule has 0 aliphatic heterocycles. The molecule has 10 heteroatoms. The first-order valence-electron chi connectivity index (χ1n) is 11.8. The topological polar surface area (TPSA) is 88.0 Å². The average Bonchev–Trinajstić information content (AvgIpc) is 3.60. The third-order valence-electron chi connectivity index (χ3n) is 6.07. The Hall–Kier alpha value is -5.17. The monoisotopic (exact) mass is 527 g/mol. The second-order valence-electron chi connectivity index (χ2n) is 8.75. The lowest BCUT2D eigenvalue weighted by Gasteiger charge is -2.22. The van der Waals surface area contributed by atoms with Gasteiger partial charge < -0.3 is 13.9 Å². The number of hydrogen-bond acceptors (Lipinski definition) is 5. The second-order valence-corrected chi connectivity index (χ2v) is 8.75. The van der Waals surface area contributed by atoms with E-state index in [0.717, 1.165) is 17.7 Å². The molecule has 1 amide bonds. The summed E-state index contributed by atoms with van der Waals surface area (Å²) in [5.74, 6) is -1.73. The molecule has 0 bridgehead atoms. The number of furan rings is 1. The summed E-state index contributed by atoms with van der Waals surface area (Å²) < 4.78 is 48.9. The van der Waals surface area contributed by atoms with Gasteiger partial charge in [0.05, 0.1) is 24.7 Å². The Bertz CT molecular complexity index is 1650. The third-order valence-corrected chi connectivity index (χ3v) is 6.07. The van der Waals surface area contributed by atoms with Crippen LogP contribution in [0.1, 0.15) is 33.1 Å². The summed E-state index contributed by atoms with van der Waals surface area (Å²) in [6.45, 7) is 0.121. The molecule has 194 valence electrons. The van der Waals surface area contributed by atoms with Crippen LogP contribution in [0, 0.1) is 28.8 Å². The zero-order valence-corrected chi connectivity index (χ0v) is 20.4. The molecule has 0 N–H and O–H groups in total. The predicted molar refractivity (Wildman–Crippen MR) is 134 cm³/mol. The molecule has 2 aromatic heterocycles. The van der Waals surface area contributed by atoms with Crippen LogP contribution < -0.4 is 0 Å². The summed E-state index contributed by atoms with van der Waals surface area (Å²) in [7, 11) is 0. The van der Waals surface area contributed by atoms with Crippen molar-refractivity contribution < 1.29 is 22.4 Å². The van der Waals surface area contributed by atoms with Crippen molar-refractivity contribution in [3.8, 4) is 17.4 Å². The van der Waals surface area contributed by atoms with Gasteiger partial charge in [-0.25, -0.2) is 13.2 Å². The van der Waals surface area contributed by atoms with Gasteiger partial charge in [0.2, 0.25) is 0 Å². The zero-order chi connectivity index (χ0) is 27.4. The Morgan fingerprint density at radius 3 is 2.38 bits per heavy atom. The summed E-state index contributed by atoms with van der Waals surface area (Å²) in [6, 6.07) is 20.9. The molecule has 0 saturated carbocycles. The number of halogens is 3. The van der Waals surface area contributed by atoms with Crippen LogP contribution in [0.5, 0.6) is 0 Å².